The molecule has 15 heavy (non-hydrogen) atoms. The van der Waals surface area contributed by atoms with Crippen LogP contribution in [0.1, 0.15) is 12.0 Å². The summed E-state index contributed by atoms with van der Waals surface area (Å²) in [5.74, 6) is 0. The molecular weight excluding hydrogens is 188 g/mol. The summed E-state index contributed by atoms with van der Waals surface area (Å²) in [7, 11) is 0. The molecule has 3 N–H and O–H groups in total. The summed E-state index contributed by atoms with van der Waals surface area (Å²) < 4.78 is 0. The van der Waals surface area contributed by atoms with Crippen LogP contribution in [0.4, 0.5) is 0 Å². The van der Waals surface area contributed by atoms with E-state index in [1.54, 1.807) is 0 Å². The van der Waals surface area contributed by atoms with E-state index in [1.807, 2.05) is 18.2 Å². The lowest BCUT2D eigenvalue weighted by Crippen LogP contribution is -2.40. The minimum absolute atomic E-state index is 0.359. The molecule has 1 aliphatic rings. The van der Waals surface area contributed by atoms with Crippen LogP contribution in [-0.4, -0.2) is 35.2 Å². The normalized spacial score (nSPS) is 27.1. The van der Waals surface area contributed by atoms with Gasteiger partial charge in [0.2, 0.25) is 0 Å². The molecule has 0 spiro atoms. The second kappa shape index (κ2) is 4.31. The number of β-amino-alcohol motifs (C(OH)–C–C–N with tert-alkyl or cyclic N) is 1. The van der Waals surface area contributed by atoms with Gasteiger partial charge in [-0.05, 0) is 12.0 Å². The Labute approximate surface area is 90.5 Å². The van der Waals surface area contributed by atoms with E-state index in [0.29, 0.717) is 13.1 Å². The minimum atomic E-state index is -0.658. The van der Waals surface area contributed by atoms with Gasteiger partial charge in [-0.3, -0.25) is 4.90 Å². The smallest absolute Gasteiger partial charge is 0.0907 e. The molecule has 0 aromatic heterocycles. The topological polar surface area (TPSA) is 49.5 Å². The second-order valence-electron chi connectivity index (χ2n) is 4.37. The Morgan fingerprint density at radius 2 is 2.07 bits per heavy atom. The first-order valence-electron chi connectivity index (χ1n) is 5.41. The average molecular weight is 206 g/mol. The maximum absolute atomic E-state index is 9.98. The molecule has 2 rings (SSSR count). The Morgan fingerprint density at radius 1 is 1.33 bits per heavy atom. The van der Waals surface area contributed by atoms with E-state index in [0.717, 1.165) is 19.5 Å². The molecule has 0 bridgehead atoms. The summed E-state index contributed by atoms with van der Waals surface area (Å²) in [5, 5.41) is 9.98. The highest BCUT2D eigenvalue weighted by atomic mass is 16.3. The van der Waals surface area contributed by atoms with Crippen molar-refractivity contribution in [1.82, 2.24) is 4.90 Å². The number of aliphatic hydroxyl groups is 1. The average Bonchev–Trinajstić information content (AvgIpc) is 2.63. The van der Waals surface area contributed by atoms with E-state index in [1.165, 1.54) is 5.56 Å². The molecule has 1 aliphatic heterocycles. The van der Waals surface area contributed by atoms with Crippen molar-refractivity contribution in [3.8, 4) is 0 Å². The predicted molar refractivity (Wildman–Crippen MR) is 60.3 cm³/mol. The quantitative estimate of drug-likeness (QED) is 0.760. The van der Waals surface area contributed by atoms with Gasteiger partial charge < -0.3 is 10.8 Å². The lowest BCUT2D eigenvalue weighted by molar-refractivity contribution is 0.0573. The van der Waals surface area contributed by atoms with E-state index in [-0.39, 0.29) is 0 Å². The predicted octanol–water partition coefficient (Wildman–Crippen LogP) is 0.582. The maximum atomic E-state index is 9.98. The number of hydrogen-bond donors (Lipinski definition) is 2. The van der Waals surface area contributed by atoms with Gasteiger partial charge in [0.1, 0.15) is 0 Å². The third kappa shape index (κ3) is 2.56. The zero-order valence-electron chi connectivity index (χ0n) is 8.89. The number of likely N-dealkylation sites (tertiary alicyclic amines) is 1. The SMILES string of the molecule is NC[C@]1(O)CCN(Cc2ccccc2)C1. The van der Waals surface area contributed by atoms with Crippen molar-refractivity contribution in [1.29, 1.82) is 0 Å². The van der Waals surface area contributed by atoms with Gasteiger partial charge in [0.25, 0.3) is 0 Å². The molecule has 0 aliphatic carbocycles. The van der Waals surface area contributed by atoms with Crippen LogP contribution < -0.4 is 5.73 Å². The first kappa shape index (κ1) is 10.6. The van der Waals surface area contributed by atoms with Crippen LogP contribution in [0.15, 0.2) is 30.3 Å². The highest BCUT2D eigenvalue weighted by molar-refractivity contribution is 5.14. The molecule has 1 heterocycles. The molecule has 1 fully saturated rings. The fraction of sp³-hybridized carbons (Fsp3) is 0.500. The first-order chi connectivity index (χ1) is 7.22. The Bertz CT molecular complexity index is 315. The zero-order valence-corrected chi connectivity index (χ0v) is 8.89. The third-order valence-electron chi connectivity index (χ3n) is 3.04. The molecule has 0 radical (unpaired) electrons. The van der Waals surface area contributed by atoms with Gasteiger partial charge in [0.15, 0.2) is 0 Å². The number of hydrogen-bond acceptors (Lipinski definition) is 3. The van der Waals surface area contributed by atoms with Crippen molar-refractivity contribution in [3.63, 3.8) is 0 Å². The molecule has 1 atom stereocenters. The summed E-state index contributed by atoms with van der Waals surface area (Å²) in [5.41, 5.74) is 6.18. The Balaban J connectivity index is 1.93. The van der Waals surface area contributed by atoms with Crippen molar-refractivity contribution < 1.29 is 5.11 Å². The van der Waals surface area contributed by atoms with Gasteiger partial charge in [-0.2, -0.15) is 0 Å². The summed E-state index contributed by atoms with van der Waals surface area (Å²) in [6, 6.07) is 10.3. The van der Waals surface area contributed by atoms with E-state index >= 15 is 0 Å². The summed E-state index contributed by atoms with van der Waals surface area (Å²) in [6.07, 6.45) is 0.788. The van der Waals surface area contributed by atoms with E-state index in [2.05, 4.69) is 17.0 Å². The number of rotatable bonds is 3. The van der Waals surface area contributed by atoms with Gasteiger partial charge in [-0.25, -0.2) is 0 Å². The molecule has 0 amide bonds. The van der Waals surface area contributed by atoms with E-state index in [9.17, 15) is 5.11 Å². The molecule has 0 unspecified atom stereocenters. The van der Waals surface area contributed by atoms with Crippen molar-refractivity contribution in [2.24, 2.45) is 5.73 Å². The third-order valence-corrected chi connectivity index (χ3v) is 3.04. The molecule has 3 heteroatoms. The maximum Gasteiger partial charge on any atom is 0.0907 e. The zero-order chi connectivity index (χ0) is 10.7. The van der Waals surface area contributed by atoms with Crippen LogP contribution in [0, 0.1) is 0 Å². The molecule has 1 saturated heterocycles. The van der Waals surface area contributed by atoms with Crippen molar-refractivity contribution in [3.05, 3.63) is 35.9 Å². The van der Waals surface area contributed by atoms with Crippen LogP contribution in [-0.2, 0) is 6.54 Å². The molecule has 0 saturated carbocycles. The molecule has 82 valence electrons. The van der Waals surface area contributed by atoms with Gasteiger partial charge in [-0.15, -0.1) is 0 Å². The van der Waals surface area contributed by atoms with Gasteiger partial charge >= 0.3 is 0 Å². The van der Waals surface area contributed by atoms with E-state index < -0.39 is 5.60 Å². The molecule has 1 aromatic carbocycles. The van der Waals surface area contributed by atoms with Crippen LogP contribution >= 0.6 is 0 Å². The van der Waals surface area contributed by atoms with E-state index in [4.69, 9.17) is 5.73 Å². The second-order valence-corrected chi connectivity index (χ2v) is 4.37. The molecule has 3 nitrogen and oxygen atoms in total. The fourth-order valence-electron chi connectivity index (χ4n) is 2.08. The molecular formula is C12H18N2O. The lowest BCUT2D eigenvalue weighted by atomic mass is 10.0. The van der Waals surface area contributed by atoms with Crippen molar-refractivity contribution in [2.75, 3.05) is 19.6 Å². The molecule has 1 aromatic rings. The van der Waals surface area contributed by atoms with Gasteiger partial charge in [0, 0.05) is 26.2 Å². The van der Waals surface area contributed by atoms with Crippen LogP contribution in [0.3, 0.4) is 0 Å². The minimum Gasteiger partial charge on any atom is -0.387 e. The monoisotopic (exact) mass is 206 g/mol. The Morgan fingerprint density at radius 3 is 2.67 bits per heavy atom. The number of benzene rings is 1. The van der Waals surface area contributed by atoms with Crippen molar-refractivity contribution in [2.45, 2.75) is 18.6 Å². The van der Waals surface area contributed by atoms with Crippen LogP contribution in [0.25, 0.3) is 0 Å². The number of nitrogens with two attached hydrogens (primary N) is 1. The van der Waals surface area contributed by atoms with Crippen LogP contribution in [0.2, 0.25) is 0 Å². The largest absolute Gasteiger partial charge is 0.387 e. The Hall–Kier alpha value is -0.900. The lowest BCUT2D eigenvalue weighted by Gasteiger charge is -2.21. The van der Waals surface area contributed by atoms with Gasteiger partial charge in [-0.1, -0.05) is 30.3 Å². The summed E-state index contributed by atoms with van der Waals surface area (Å²) in [4.78, 5) is 2.25. The summed E-state index contributed by atoms with van der Waals surface area (Å²) >= 11 is 0. The first-order valence-corrected chi connectivity index (χ1v) is 5.41. The Kier molecular flexibility index (Phi) is 3.05. The van der Waals surface area contributed by atoms with Crippen LogP contribution in [0.5, 0.6) is 0 Å². The number of nitrogens with zero attached hydrogens (tertiary/aromatic N) is 1. The highest BCUT2D eigenvalue weighted by Gasteiger charge is 2.34. The highest BCUT2D eigenvalue weighted by Crippen LogP contribution is 2.21. The summed E-state index contributed by atoms with van der Waals surface area (Å²) in [6.45, 7) is 2.89. The standard InChI is InChI=1S/C12H18N2O/c13-9-12(15)6-7-14(10-12)8-11-4-2-1-3-5-11/h1-5,15H,6-10,13H2/t12-/m1/s1. The van der Waals surface area contributed by atoms with Crippen molar-refractivity contribution >= 4 is 0 Å². The van der Waals surface area contributed by atoms with Gasteiger partial charge in [0.05, 0.1) is 5.60 Å². The fourth-order valence-corrected chi connectivity index (χ4v) is 2.08.